The number of anilines is 1. The Morgan fingerprint density at radius 1 is 1.06 bits per heavy atom. The quantitative estimate of drug-likeness (QED) is 0.687. The highest BCUT2D eigenvalue weighted by Gasteiger charge is 1.99. The van der Waals surface area contributed by atoms with E-state index in [1.54, 1.807) is 14.2 Å². The van der Waals surface area contributed by atoms with Crippen molar-refractivity contribution in [2.24, 2.45) is 0 Å². The van der Waals surface area contributed by atoms with E-state index in [-0.39, 0.29) is 0 Å². The van der Waals surface area contributed by atoms with Crippen molar-refractivity contribution in [2.45, 2.75) is 19.4 Å². The van der Waals surface area contributed by atoms with Gasteiger partial charge in [0.2, 0.25) is 0 Å². The summed E-state index contributed by atoms with van der Waals surface area (Å²) in [6, 6.07) is 8.24. The van der Waals surface area contributed by atoms with Gasteiger partial charge in [-0.3, -0.25) is 0 Å². The van der Waals surface area contributed by atoms with Crippen LogP contribution in [-0.4, -0.2) is 27.4 Å². The van der Waals surface area contributed by atoms with Crippen LogP contribution in [0.15, 0.2) is 24.3 Å². The molecule has 0 unspecified atom stereocenters. The van der Waals surface area contributed by atoms with Gasteiger partial charge >= 0.3 is 0 Å². The van der Waals surface area contributed by atoms with Crippen LogP contribution in [0.5, 0.6) is 0 Å². The summed E-state index contributed by atoms with van der Waals surface area (Å²) in [6.07, 6.45) is 2.21. The summed E-state index contributed by atoms with van der Waals surface area (Å²) < 4.78 is 10.2. The normalized spacial score (nSPS) is 10.4. The molecule has 0 heterocycles. The molecule has 0 fully saturated rings. The molecule has 0 aromatic heterocycles. The highest BCUT2D eigenvalue weighted by molar-refractivity contribution is 5.50. The van der Waals surface area contributed by atoms with Crippen molar-refractivity contribution >= 4 is 5.69 Å². The summed E-state index contributed by atoms with van der Waals surface area (Å²) >= 11 is 0. The van der Waals surface area contributed by atoms with E-state index in [0.717, 1.165) is 26.0 Å². The van der Waals surface area contributed by atoms with E-state index in [1.807, 2.05) is 12.1 Å². The zero-order chi connectivity index (χ0) is 11.6. The molecule has 16 heavy (non-hydrogen) atoms. The Labute approximate surface area is 97.8 Å². The van der Waals surface area contributed by atoms with E-state index in [1.165, 1.54) is 11.3 Å². The molecular formula is C13H21NO2. The van der Waals surface area contributed by atoms with Crippen LogP contribution in [0.2, 0.25) is 0 Å². The van der Waals surface area contributed by atoms with Crippen LogP contribution in [0.4, 0.5) is 5.69 Å². The molecule has 1 N–H and O–H groups in total. The van der Waals surface area contributed by atoms with Crippen LogP contribution in [-0.2, 0) is 16.1 Å². The van der Waals surface area contributed by atoms with Crippen molar-refractivity contribution in [2.75, 3.05) is 32.7 Å². The predicted octanol–water partition coefficient (Wildman–Crippen LogP) is 2.67. The third-order valence-electron chi connectivity index (χ3n) is 2.41. The van der Waals surface area contributed by atoms with Gasteiger partial charge in [-0.25, -0.2) is 0 Å². The van der Waals surface area contributed by atoms with E-state index in [2.05, 4.69) is 17.4 Å². The number of para-hydroxylation sites is 1. The average molecular weight is 223 g/mol. The number of nitrogens with one attached hydrogen (secondary N) is 1. The largest absolute Gasteiger partial charge is 0.385 e. The summed E-state index contributed by atoms with van der Waals surface area (Å²) in [4.78, 5) is 0. The molecule has 0 aliphatic heterocycles. The van der Waals surface area contributed by atoms with Crippen molar-refractivity contribution in [1.29, 1.82) is 0 Å². The number of unbranched alkanes of at least 4 members (excludes halogenated alkanes) is 1. The fourth-order valence-electron chi connectivity index (χ4n) is 1.57. The summed E-state index contributed by atoms with van der Waals surface area (Å²) in [5.74, 6) is 0. The molecule has 0 aliphatic carbocycles. The van der Waals surface area contributed by atoms with Crippen LogP contribution in [0.1, 0.15) is 18.4 Å². The SMILES string of the molecule is COCCCCNc1ccccc1COC. The second kappa shape index (κ2) is 8.13. The van der Waals surface area contributed by atoms with Crippen LogP contribution >= 0.6 is 0 Å². The molecule has 0 bridgehead atoms. The number of rotatable bonds is 8. The molecule has 3 nitrogen and oxygen atoms in total. The minimum absolute atomic E-state index is 0.654. The third-order valence-corrected chi connectivity index (χ3v) is 2.41. The number of benzene rings is 1. The highest BCUT2D eigenvalue weighted by Crippen LogP contribution is 2.15. The molecule has 0 radical (unpaired) electrons. The van der Waals surface area contributed by atoms with Crippen LogP contribution < -0.4 is 5.32 Å². The fraction of sp³-hybridized carbons (Fsp3) is 0.538. The van der Waals surface area contributed by atoms with E-state index in [0.29, 0.717) is 6.61 Å². The lowest BCUT2D eigenvalue weighted by Crippen LogP contribution is -2.05. The molecule has 0 spiro atoms. The lowest BCUT2D eigenvalue weighted by molar-refractivity contribution is 0.185. The van der Waals surface area contributed by atoms with Crippen molar-refractivity contribution in [1.82, 2.24) is 0 Å². The van der Waals surface area contributed by atoms with Gasteiger partial charge in [0.05, 0.1) is 6.61 Å². The molecule has 0 amide bonds. The summed E-state index contributed by atoms with van der Waals surface area (Å²) in [5.41, 5.74) is 2.37. The van der Waals surface area contributed by atoms with Crippen LogP contribution in [0, 0.1) is 0 Å². The number of hydrogen-bond acceptors (Lipinski definition) is 3. The maximum atomic E-state index is 5.15. The Morgan fingerprint density at radius 2 is 1.88 bits per heavy atom. The van der Waals surface area contributed by atoms with E-state index in [4.69, 9.17) is 9.47 Å². The number of hydrogen-bond donors (Lipinski definition) is 1. The minimum atomic E-state index is 0.654. The maximum Gasteiger partial charge on any atom is 0.0733 e. The predicted molar refractivity (Wildman–Crippen MR) is 66.8 cm³/mol. The van der Waals surface area contributed by atoms with Gasteiger partial charge in [0, 0.05) is 38.6 Å². The first-order valence-corrected chi connectivity index (χ1v) is 5.68. The first-order chi connectivity index (χ1) is 7.88. The molecule has 0 atom stereocenters. The van der Waals surface area contributed by atoms with E-state index in [9.17, 15) is 0 Å². The second-order valence-corrected chi connectivity index (χ2v) is 3.72. The van der Waals surface area contributed by atoms with Gasteiger partial charge < -0.3 is 14.8 Å². The lowest BCUT2D eigenvalue weighted by Gasteiger charge is -2.11. The first-order valence-electron chi connectivity index (χ1n) is 5.68. The van der Waals surface area contributed by atoms with Gasteiger partial charge in [-0.1, -0.05) is 18.2 Å². The number of ether oxygens (including phenoxy) is 2. The summed E-state index contributed by atoms with van der Waals surface area (Å²) in [6.45, 7) is 2.47. The molecule has 3 heteroatoms. The summed E-state index contributed by atoms with van der Waals surface area (Å²) in [5, 5.41) is 3.42. The van der Waals surface area contributed by atoms with Crippen molar-refractivity contribution in [3.8, 4) is 0 Å². The monoisotopic (exact) mass is 223 g/mol. The van der Waals surface area contributed by atoms with Crippen molar-refractivity contribution < 1.29 is 9.47 Å². The molecular weight excluding hydrogens is 202 g/mol. The Bertz CT molecular complexity index is 289. The summed E-state index contributed by atoms with van der Waals surface area (Å²) in [7, 11) is 3.46. The van der Waals surface area contributed by atoms with Gasteiger partial charge in [0.15, 0.2) is 0 Å². The van der Waals surface area contributed by atoms with Crippen LogP contribution in [0.3, 0.4) is 0 Å². The smallest absolute Gasteiger partial charge is 0.0733 e. The van der Waals surface area contributed by atoms with Crippen molar-refractivity contribution in [3.05, 3.63) is 29.8 Å². The minimum Gasteiger partial charge on any atom is -0.385 e. The third kappa shape index (κ3) is 4.64. The Balaban J connectivity index is 2.34. The van der Waals surface area contributed by atoms with Gasteiger partial charge in [-0.2, -0.15) is 0 Å². The average Bonchev–Trinajstić information content (AvgIpc) is 2.31. The van der Waals surface area contributed by atoms with Gasteiger partial charge in [-0.15, -0.1) is 0 Å². The van der Waals surface area contributed by atoms with Crippen LogP contribution in [0.25, 0.3) is 0 Å². The first kappa shape index (κ1) is 13.0. The molecule has 0 saturated carbocycles. The molecule has 1 aromatic carbocycles. The maximum absolute atomic E-state index is 5.15. The highest BCUT2D eigenvalue weighted by atomic mass is 16.5. The van der Waals surface area contributed by atoms with E-state index < -0.39 is 0 Å². The van der Waals surface area contributed by atoms with Crippen molar-refractivity contribution in [3.63, 3.8) is 0 Å². The molecule has 0 aliphatic rings. The molecule has 1 rings (SSSR count). The molecule has 1 aromatic rings. The van der Waals surface area contributed by atoms with Gasteiger partial charge in [-0.05, 0) is 18.9 Å². The van der Waals surface area contributed by atoms with E-state index >= 15 is 0 Å². The molecule has 90 valence electrons. The number of methoxy groups -OCH3 is 2. The molecule has 0 saturated heterocycles. The second-order valence-electron chi connectivity index (χ2n) is 3.72. The van der Waals surface area contributed by atoms with Gasteiger partial charge in [0.1, 0.15) is 0 Å². The Kier molecular flexibility index (Phi) is 6.61. The van der Waals surface area contributed by atoms with Gasteiger partial charge in [0.25, 0.3) is 0 Å². The Hall–Kier alpha value is -1.06. The lowest BCUT2D eigenvalue weighted by atomic mass is 10.2. The standard InChI is InChI=1S/C13H21NO2/c1-15-10-6-5-9-14-13-8-4-3-7-12(13)11-16-2/h3-4,7-8,14H,5-6,9-11H2,1-2H3. The fourth-order valence-corrected chi connectivity index (χ4v) is 1.57. The topological polar surface area (TPSA) is 30.5 Å². The Morgan fingerprint density at radius 3 is 2.62 bits per heavy atom. The zero-order valence-electron chi connectivity index (χ0n) is 10.2. The zero-order valence-corrected chi connectivity index (χ0v) is 10.2.